The summed E-state index contributed by atoms with van der Waals surface area (Å²) in [7, 11) is 0. The average molecular weight is 418 g/mol. The smallest absolute Gasteiger partial charge is 0.287 e. The predicted molar refractivity (Wildman–Crippen MR) is 119 cm³/mol. The standard InChI is InChI=1S/C25H26N2O4/c1-16(2)29-15-21-20-6-4-5-7-22(20)31-23(21)24(28)26-13-12-19-14-30-25(27-19)18-10-8-17(3)9-11-18/h4-11,14,16H,12-13,15H2,1-3H3,(H,26,28). The summed E-state index contributed by atoms with van der Waals surface area (Å²) in [6.07, 6.45) is 2.24. The van der Waals surface area contributed by atoms with Crippen molar-refractivity contribution < 1.29 is 18.4 Å². The summed E-state index contributed by atoms with van der Waals surface area (Å²) in [5, 5.41) is 3.82. The minimum absolute atomic E-state index is 0.0551. The third-order valence-electron chi connectivity index (χ3n) is 4.98. The van der Waals surface area contributed by atoms with Gasteiger partial charge < -0.3 is 18.9 Å². The van der Waals surface area contributed by atoms with Crippen molar-refractivity contribution in [1.82, 2.24) is 10.3 Å². The number of rotatable bonds is 8. The Bertz CT molecular complexity index is 1170. The molecule has 160 valence electrons. The second kappa shape index (κ2) is 9.18. The first kappa shape index (κ1) is 20.9. The molecule has 6 heteroatoms. The van der Waals surface area contributed by atoms with Crippen LogP contribution in [0, 0.1) is 6.92 Å². The van der Waals surface area contributed by atoms with Crippen LogP contribution in [0.5, 0.6) is 0 Å². The summed E-state index contributed by atoms with van der Waals surface area (Å²) in [6, 6.07) is 15.6. The normalized spacial score (nSPS) is 11.4. The van der Waals surface area contributed by atoms with Gasteiger partial charge in [0.25, 0.3) is 5.91 Å². The van der Waals surface area contributed by atoms with E-state index in [0.29, 0.717) is 36.8 Å². The number of amides is 1. The quantitative estimate of drug-likeness (QED) is 0.420. The van der Waals surface area contributed by atoms with Crippen LogP contribution in [0.15, 0.2) is 63.6 Å². The van der Waals surface area contributed by atoms with E-state index in [2.05, 4.69) is 10.3 Å². The molecule has 6 nitrogen and oxygen atoms in total. The molecule has 0 unspecified atom stereocenters. The molecule has 0 saturated heterocycles. The number of nitrogens with one attached hydrogen (secondary N) is 1. The number of aryl methyl sites for hydroxylation is 1. The Hall–Kier alpha value is -3.38. The molecule has 0 fully saturated rings. The van der Waals surface area contributed by atoms with Gasteiger partial charge >= 0.3 is 0 Å². The van der Waals surface area contributed by atoms with Crippen molar-refractivity contribution in [2.45, 2.75) is 39.9 Å². The summed E-state index contributed by atoms with van der Waals surface area (Å²) in [4.78, 5) is 17.3. The molecule has 0 bridgehead atoms. The van der Waals surface area contributed by atoms with Crippen molar-refractivity contribution in [2.24, 2.45) is 0 Å². The largest absolute Gasteiger partial charge is 0.451 e. The van der Waals surface area contributed by atoms with E-state index >= 15 is 0 Å². The molecule has 0 saturated carbocycles. The molecular formula is C25H26N2O4. The molecule has 31 heavy (non-hydrogen) atoms. The summed E-state index contributed by atoms with van der Waals surface area (Å²) >= 11 is 0. The number of hydrogen-bond acceptors (Lipinski definition) is 5. The number of ether oxygens (including phenoxy) is 1. The van der Waals surface area contributed by atoms with Crippen LogP contribution in [-0.4, -0.2) is 23.5 Å². The first-order valence-electron chi connectivity index (χ1n) is 10.4. The Balaban J connectivity index is 1.42. The van der Waals surface area contributed by atoms with Gasteiger partial charge in [0, 0.05) is 29.5 Å². The number of fused-ring (bicyclic) bond motifs is 1. The Kier molecular flexibility index (Phi) is 6.18. The Morgan fingerprint density at radius 2 is 1.90 bits per heavy atom. The molecule has 0 atom stereocenters. The summed E-state index contributed by atoms with van der Waals surface area (Å²) < 4.78 is 17.2. The average Bonchev–Trinajstić information content (AvgIpc) is 3.37. The molecule has 0 radical (unpaired) electrons. The van der Waals surface area contributed by atoms with Crippen LogP contribution in [0.2, 0.25) is 0 Å². The van der Waals surface area contributed by atoms with Gasteiger partial charge in [-0.1, -0.05) is 35.9 Å². The third kappa shape index (κ3) is 4.86. The van der Waals surface area contributed by atoms with E-state index in [-0.39, 0.29) is 12.0 Å². The zero-order chi connectivity index (χ0) is 21.8. The third-order valence-corrected chi connectivity index (χ3v) is 4.98. The molecule has 0 spiro atoms. The van der Waals surface area contributed by atoms with Crippen molar-refractivity contribution in [3.8, 4) is 11.5 Å². The number of carbonyl (C=O) groups is 1. The lowest BCUT2D eigenvalue weighted by Crippen LogP contribution is -2.26. The van der Waals surface area contributed by atoms with Crippen molar-refractivity contribution in [1.29, 1.82) is 0 Å². The summed E-state index contributed by atoms with van der Waals surface area (Å²) in [5.41, 5.74) is 4.34. The molecular weight excluding hydrogens is 392 g/mol. The first-order valence-corrected chi connectivity index (χ1v) is 10.4. The van der Waals surface area contributed by atoms with Gasteiger partial charge in [-0.15, -0.1) is 0 Å². The van der Waals surface area contributed by atoms with Crippen LogP contribution in [-0.2, 0) is 17.8 Å². The minimum atomic E-state index is -0.263. The Morgan fingerprint density at radius 3 is 2.68 bits per heavy atom. The fourth-order valence-electron chi connectivity index (χ4n) is 3.31. The van der Waals surface area contributed by atoms with Gasteiger partial charge in [0.1, 0.15) is 11.8 Å². The fraction of sp³-hybridized carbons (Fsp3) is 0.280. The van der Waals surface area contributed by atoms with E-state index < -0.39 is 0 Å². The SMILES string of the molecule is Cc1ccc(-c2nc(CCNC(=O)c3oc4ccccc4c3COC(C)C)co2)cc1. The Labute approximate surface area is 181 Å². The molecule has 4 rings (SSSR count). The number of oxazole rings is 1. The second-order valence-electron chi connectivity index (χ2n) is 7.78. The van der Waals surface area contributed by atoms with Crippen LogP contribution >= 0.6 is 0 Å². The van der Waals surface area contributed by atoms with E-state index in [1.807, 2.05) is 69.3 Å². The molecule has 2 aromatic heterocycles. The molecule has 0 aliphatic rings. The maximum absolute atomic E-state index is 12.8. The zero-order valence-corrected chi connectivity index (χ0v) is 18.0. The number of carbonyl (C=O) groups excluding carboxylic acids is 1. The van der Waals surface area contributed by atoms with E-state index in [1.54, 1.807) is 6.26 Å². The van der Waals surface area contributed by atoms with E-state index in [0.717, 1.165) is 22.2 Å². The van der Waals surface area contributed by atoms with E-state index in [1.165, 1.54) is 5.56 Å². The van der Waals surface area contributed by atoms with Crippen molar-refractivity contribution >= 4 is 16.9 Å². The van der Waals surface area contributed by atoms with Crippen molar-refractivity contribution in [3.63, 3.8) is 0 Å². The van der Waals surface area contributed by atoms with Crippen LogP contribution in [0.25, 0.3) is 22.4 Å². The van der Waals surface area contributed by atoms with Crippen LogP contribution < -0.4 is 5.32 Å². The number of benzene rings is 2. The minimum Gasteiger partial charge on any atom is -0.451 e. The highest BCUT2D eigenvalue weighted by molar-refractivity contribution is 5.99. The van der Waals surface area contributed by atoms with E-state index in [9.17, 15) is 4.79 Å². The molecule has 4 aromatic rings. The lowest BCUT2D eigenvalue weighted by atomic mass is 10.1. The van der Waals surface area contributed by atoms with Crippen LogP contribution in [0.4, 0.5) is 0 Å². The van der Waals surface area contributed by atoms with Crippen molar-refractivity contribution in [2.75, 3.05) is 6.54 Å². The molecule has 0 aliphatic heterocycles. The summed E-state index contributed by atoms with van der Waals surface area (Å²) in [5.74, 6) is 0.606. The van der Waals surface area contributed by atoms with Gasteiger partial charge in [0.05, 0.1) is 18.4 Å². The molecule has 2 aromatic carbocycles. The fourth-order valence-corrected chi connectivity index (χ4v) is 3.31. The first-order chi connectivity index (χ1) is 15.0. The molecule has 1 N–H and O–H groups in total. The maximum atomic E-state index is 12.8. The molecule has 2 heterocycles. The van der Waals surface area contributed by atoms with Gasteiger partial charge in [-0.2, -0.15) is 0 Å². The van der Waals surface area contributed by atoms with Gasteiger partial charge in [0.2, 0.25) is 5.89 Å². The number of nitrogens with zero attached hydrogens (tertiary/aromatic N) is 1. The van der Waals surface area contributed by atoms with E-state index in [4.69, 9.17) is 13.6 Å². The Morgan fingerprint density at radius 1 is 1.13 bits per heavy atom. The maximum Gasteiger partial charge on any atom is 0.287 e. The number of furan rings is 1. The van der Waals surface area contributed by atoms with Gasteiger partial charge in [-0.3, -0.25) is 4.79 Å². The van der Waals surface area contributed by atoms with Gasteiger partial charge in [-0.25, -0.2) is 4.98 Å². The highest BCUT2D eigenvalue weighted by atomic mass is 16.5. The number of para-hydroxylation sites is 1. The zero-order valence-electron chi connectivity index (χ0n) is 18.0. The van der Waals surface area contributed by atoms with Gasteiger partial charge in [0.15, 0.2) is 5.76 Å². The molecule has 0 aliphatic carbocycles. The van der Waals surface area contributed by atoms with Crippen LogP contribution in [0.1, 0.15) is 41.2 Å². The lowest BCUT2D eigenvalue weighted by Gasteiger charge is -2.08. The highest BCUT2D eigenvalue weighted by Crippen LogP contribution is 2.27. The second-order valence-corrected chi connectivity index (χ2v) is 7.78. The van der Waals surface area contributed by atoms with Crippen molar-refractivity contribution in [3.05, 3.63) is 77.4 Å². The highest BCUT2D eigenvalue weighted by Gasteiger charge is 2.20. The molecule has 1 amide bonds. The monoisotopic (exact) mass is 418 g/mol. The number of aromatic nitrogens is 1. The lowest BCUT2D eigenvalue weighted by molar-refractivity contribution is 0.0643. The van der Waals surface area contributed by atoms with Crippen LogP contribution in [0.3, 0.4) is 0 Å². The predicted octanol–water partition coefficient (Wildman–Crippen LogP) is 5.29. The topological polar surface area (TPSA) is 77.5 Å². The van der Waals surface area contributed by atoms with Gasteiger partial charge in [-0.05, 0) is 39.0 Å². The number of hydrogen-bond donors (Lipinski definition) is 1. The summed E-state index contributed by atoms with van der Waals surface area (Å²) in [6.45, 7) is 6.70.